The van der Waals surface area contributed by atoms with Gasteiger partial charge in [-0.15, -0.1) is 24.0 Å². The SMILES string of the molecule is CC(C)CN1CCC[C@@H]1CN=C(N)N1CCCCC1.I. The van der Waals surface area contributed by atoms with E-state index in [-0.39, 0.29) is 24.0 Å². The highest BCUT2D eigenvalue weighted by Gasteiger charge is 2.24. The average Bonchev–Trinajstić information content (AvgIpc) is 2.83. The van der Waals surface area contributed by atoms with E-state index in [9.17, 15) is 0 Å². The van der Waals surface area contributed by atoms with Crippen molar-refractivity contribution in [1.29, 1.82) is 0 Å². The molecule has 1 atom stereocenters. The van der Waals surface area contributed by atoms with Crippen LogP contribution in [0.3, 0.4) is 0 Å². The van der Waals surface area contributed by atoms with Crippen LogP contribution in [0.5, 0.6) is 0 Å². The summed E-state index contributed by atoms with van der Waals surface area (Å²) in [7, 11) is 0. The molecule has 0 aliphatic carbocycles. The first-order chi connectivity index (χ1) is 9.16. The number of rotatable bonds is 4. The van der Waals surface area contributed by atoms with Gasteiger partial charge in [0, 0.05) is 25.7 Å². The number of nitrogens with zero attached hydrogens (tertiary/aromatic N) is 3. The Labute approximate surface area is 141 Å². The van der Waals surface area contributed by atoms with Crippen molar-refractivity contribution in [2.24, 2.45) is 16.6 Å². The van der Waals surface area contributed by atoms with Gasteiger partial charge in [-0.05, 0) is 44.6 Å². The predicted molar refractivity (Wildman–Crippen MR) is 96.8 cm³/mol. The Morgan fingerprint density at radius 2 is 1.85 bits per heavy atom. The minimum atomic E-state index is 0. The third kappa shape index (κ3) is 5.39. The van der Waals surface area contributed by atoms with Gasteiger partial charge >= 0.3 is 0 Å². The number of nitrogens with two attached hydrogens (primary N) is 1. The molecule has 2 saturated heterocycles. The normalized spacial score (nSPS) is 25.1. The summed E-state index contributed by atoms with van der Waals surface area (Å²) in [6.45, 7) is 10.1. The van der Waals surface area contributed by atoms with E-state index < -0.39 is 0 Å². The molecule has 2 fully saturated rings. The van der Waals surface area contributed by atoms with Gasteiger partial charge in [-0.1, -0.05) is 13.8 Å². The summed E-state index contributed by atoms with van der Waals surface area (Å²) >= 11 is 0. The second-order valence-corrected chi connectivity index (χ2v) is 6.43. The number of piperidine rings is 1. The molecule has 20 heavy (non-hydrogen) atoms. The number of halogens is 1. The first-order valence-electron chi connectivity index (χ1n) is 7.95. The molecule has 2 aliphatic heterocycles. The minimum absolute atomic E-state index is 0. The number of guanidine groups is 1. The Morgan fingerprint density at radius 3 is 2.50 bits per heavy atom. The lowest BCUT2D eigenvalue weighted by Gasteiger charge is -2.29. The molecule has 118 valence electrons. The number of hydrogen-bond acceptors (Lipinski definition) is 2. The van der Waals surface area contributed by atoms with Crippen LogP contribution in [-0.4, -0.2) is 54.5 Å². The quantitative estimate of drug-likeness (QED) is 0.453. The molecule has 4 nitrogen and oxygen atoms in total. The zero-order valence-corrected chi connectivity index (χ0v) is 15.4. The summed E-state index contributed by atoms with van der Waals surface area (Å²) in [5, 5.41) is 0. The molecule has 0 radical (unpaired) electrons. The van der Waals surface area contributed by atoms with Crippen molar-refractivity contribution in [3.05, 3.63) is 0 Å². The fraction of sp³-hybridized carbons (Fsp3) is 0.933. The molecule has 0 aromatic rings. The molecule has 0 saturated carbocycles. The lowest BCUT2D eigenvalue weighted by molar-refractivity contribution is 0.230. The molecule has 0 unspecified atom stereocenters. The Bertz CT molecular complexity index is 300. The summed E-state index contributed by atoms with van der Waals surface area (Å²) in [6.07, 6.45) is 6.47. The van der Waals surface area contributed by atoms with Crippen molar-refractivity contribution in [3.63, 3.8) is 0 Å². The molecule has 5 heteroatoms. The average molecular weight is 394 g/mol. The number of hydrogen-bond donors (Lipinski definition) is 1. The van der Waals surface area contributed by atoms with E-state index >= 15 is 0 Å². The molecular formula is C15H31IN4. The molecule has 0 amide bonds. The smallest absolute Gasteiger partial charge is 0.191 e. The van der Waals surface area contributed by atoms with Crippen LogP contribution in [0, 0.1) is 5.92 Å². The van der Waals surface area contributed by atoms with Crippen LogP contribution in [0.1, 0.15) is 46.0 Å². The third-order valence-electron chi connectivity index (χ3n) is 4.24. The monoisotopic (exact) mass is 394 g/mol. The van der Waals surface area contributed by atoms with Crippen molar-refractivity contribution in [2.45, 2.75) is 52.0 Å². The van der Waals surface area contributed by atoms with Gasteiger partial charge in [0.15, 0.2) is 5.96 Å². The zero-order chi connectivity index (χ0) is 13.7. The Balaban J connectivity index is 0.00000200. The fourth-order valence-electron chi connectivity index (χ4n) is 3.23. The highest BCUT2D eigenvalue weighted by molar-refractivity contribution is 14.0. The maximum absolute atomic E-state index is 6.13. The lowest BCUT2D eigenvalue weighted by Crippen LogP contribution is -2.42. The van der Waals surface area contributed by atoms with Gasteiger partial charge in [-0.3, -0.25) is 9.89 Å². The van der Waals surface area contributed by atoms with Crippen molar-refractivity contribution < 1.29 is 0 Å². The topological polar surface area (TPSA) is 44.9 Å². The zero-order valence-electron chi connectivity index (χ0n) is 13.1. The van der Waals surface area contributed by atoms with E-state index in [1.165, 1.54) is 45.2 Å². The Kier molecular flexibility index (Phi) is 8.17. The van der Waals surface area contributed by atoms with Crippen LogP contribution in [0.25, 0.3) is 0 Å². The molecule has 2 N–H and O–H groups in total. The van der Waals surface area contributed by atoms with Gasteiger partial charge < -0.3 is 10.6 Å². The predicted octanol–water partition coefficient (Wildman–Crippen LogP) is 2.53. The van der Waals surface area contributed by atoms with Crippen LogP contribution in [0.4, 0.5) is 0 Å². The van der Waals surface area contributed by atoms with E-state index in [2.05, 4.69) is 28.6 Å². The van der Waals surface area contributed by atoms with Crippen LogP contribution >= 0.6 is 24.0 Å². The van der Waals surface area contributed by atoms with Crippen molar-refractivity contribution in [3.8, 4) is 0 Å². The van der Waals surface area contributed by atoms with Crippen LogP contribution in [0.15, 0.2) is 4.99 Å². The number of likely N-dealkylation sites (tertiary alicyclic amines) is 2. The molecule has 0 aromatic carbocycles. The minimum Gasteiger partial charge on any atom is -0.370 e. The van der Waals surface area contributed by atoms with Gasteiger partial charge in [0.05, 0.1) is 6.54 Å². The van der Waals surface area contributed by atoms with E-state index in [0.29, 0.717) is 6.04 Å². The van der Waals surface area contributed by atoms with Gasteiger partial charge in [0.2, 0.25) is 0 Å². The molecule has 0 aromatic heterocycles. The summed E-state index contributed by atoms with van der Waals surface area (Å²) in [5.74, 6) is 1.51. The fourth-order valence-corrected chi connectivity index (χ4v) is 3.23. The van der Waals surface area contributed by atoms with Gasteiger partial charge in [-0.25, -0.2) is 0 Å². The first-order valence-corrected chi connectivity index (χ1v) is 7.95. The molecule has 2 heterocycles. The highest BCUT2D eigenvalue weighted by Crippen LogP contribution is 2.19. The van der Waals surface area contributed by atoms with E-state index in [4.69, 9.17) is 5.73 Å². The maximum Gasteiger partial charge on any atom is 0.191 e. The van der Waals surface area contributed by atoms with Crippen molar-refractivity contribution >= 4 is 29.9 Å². The summed E-state index contributed by atoms with van der Waals surface area (Å²) in [6, 6.07) is 0.616. The third-order valence-corrected chi connectivity index (χ3v) is 4.24. The largest absolute Gasteiger partial charge is 0.370 e. The number of aliphatic imine (C=N–C) groups is 1. The summed E-state index contributed by atoms with van der Waals surface area (Å²) < 4.78 is 0. The van der Waals surface area contributed by atoms with E-state index in [1.807, 2.05) is 0 Å². The van der Waals surface area contributed by atoms with Crippen LogP contribution in [0.2, 0.25) is 0 Å². The molecule has 2 rings (SSSR count). The molecule has 0 bridgehead atoms. The Morgan fingerprint density at radius 1 is 1.15 bits per heavy atom. The van der Waals surface area contributed by atoms with Gasteiger partial charge in [0.1, 0.15) is 0 Å². The van der Waals surface area contributed by atoms with E-state index in [0.717, 1.165) is 31.5 Å². The Hall–Kier alpha value is -0.0400. The second-order valence-electron chi connectivity index (χ2n) is 6.43. The van der Waals surface area contributed by atoms with Crippen LogP contribution in [-0.2, 0) is 0 Å². The molecule has 0 spiro atoms. The van der Waals surface area contributed by atoms with E-state index in [1.54, 1.807) is 0 Å². The standard InChI is InChI=1S/C15H30N4.HI/c1-13(2)12-19-10-6-7-14(19)11-17-15(16)18-8-4-3-5-9-18;/h13-14H,3-12H2,1-2H3,(H2,16,17);1H/t14-;/m1./s1. The molecule has 2 aliphatic rings. The second kappa shape index (κ2) is 9.07. The lowest BCUT2D eigenvalue weighted by atomic mass is 10.1. The van der Waals surface area contributed by atoms with Crippen molar-refractivity contribution in [1.82, 2.24) is 9.80 Å². The maximum atomic E-state index is 6.13. The van der Waals surface area contributed by atoms with Gasteiger partial charge in [0.25, 0.3) is 0 Å². The first kappa shape index (κ1) is 18.0. The summed E-state index contributed by atoms with van der Waals surface area (Å²) in [4.78, 5) is 9.52. The van der Waals surface area contributed by atoms with Crippen LogP contribution < -0.4 is 5.73 Å². The molecular weight excluding hydrogens is 363 g/mol. The highest BCUT2D eigenvalue weighted by atomic mass is 127. The van der Waals surface area contributed by atoms with Gasteiger partial charge in [-0.2, -0.15) is 0 Å². The van der Waals surface area contributed by atoms with Crippen molar-refractivity contribution in [2.75, 3.05) is 32.7 Å². The summed E-state index contributed by atoms with van der Waals surface area (Å²) in [5.41, 5.74) is 6.13.